The highest BCUT2D eigenvalue weighted by atomic mass is 19.4. The zero-order valence-corrected chi connectivity index (χ0v) is 13.2. The van der Waals surface area contributed by atoms with Crippen LogP contribution < -0.4 is 4.74 Å². The van der Waals surface area contributed by atoms with Gasteiger partial charge in [-0.2, -0.15) is 13.2 Å². The van der Waals surface area contributed by atoms with Crippen molar-refractivity contribution in [2.24, 2.45) is 0 Å². The number of benzene rings is 1. The predicted molar refractivity (Wildman–Crippen MR) is 82.1 cm³/mol. The first-order valence-electron chi connectivity index (χ1n) is 7.23. The molecule has 1 amide bonds. The van der Waals surface area contributed by atoms with Crippen molar-refractivity contribution in [3.05, 3.63) is 29.8 Å². The molecular weight excluding hydrogens is 307 g/mol. The highest BCUT2D eigenvalue weighted by molar-refractivity contribution is 5.76. The van der Waals surface area contributed by atoms with E-state index in [9.17, 15) is 18.0 Å². The van der Waals surface area contributed by atoms with Crippen molar-refractivity contribution >= 4 is 5.91 Å². The Morgan fingerprint density at radius 2 is 1.91 bits per heavy atom. The monoisotopic (exact) mass is 327 g/mol. The van der Waals surface area contributed by atoms with Gasteiger partial charge in [0.25, 0.3) is 0 Å². The van der Waals surface area contributed by atoms with E-state index in [1.54, 1.807) is 12.1 Å². The van der Waals surface area contributed by atoms with Gasteiger partial charge in [0.15, 0.2) is 0 Å². The summed E-state index contributed by atoms with van der Waals surface area (Å²) in [6, 6.07) is 7.37. The van der Waals surface area contributed by atoms with Crippen LogP contribution in [0.2, 0.25) is 0 Å². The predicted octanol–water partition coefficient (Wildman–Crippen LogP) is 3.60. The van der Waals surface area contributed by atoms with Crippen molar-refractivity contribution in [2.45, 2.75) is 32.4 Å². The fraction of sp³-hybridized carbons (Fsp3) is 0.471. The summed E-state index contributed by atoms with van der Waals surface area (Å²) in [6.45, 7) is 2.41. The summed E-state index contributed by atoms with van der Waals surface area (Å²) in [6.07, 6.45) is 0.367. The molecule has 0 heterocycles. The summed E-state index contributed by atoms with van der Waals surface area (Å²) >= 11 is 0. The van der Waals surface area contributed by atoms with Crippen molar-refractivity contribution < 1.29 is 22.7 Å². The zero-order valence-electron chi connectivity index (χ0n) is 13.2. The SMILES string of the molecule is C#CCN(CC(F)(F)F)C(=O)CCOc1ccc(C(C)C)cc1. The number of rotatable bonds is 7. The quantitative estimate of drug-likeness (QED) is 0.716. The number of carbonyl (C=O) groups excluding carboxylic acids is 1. The van der Waals surface area contributed by atoms with Crippen LogP contribution in [0.25, 0.3) is 0 Å². The Labute approximate surface area is 134 Å². The highest BCUT2D eigenvalue weighted by Gasteiger charge is 2.32. The van der Waals surface area contributed by atoms with Gasteiger partial charge in [-0.25, -0.2) is 0 Å². The molecule has 126 valence electrons. The molecule has 23 heavy (non-hydrogen) atoms. The smallest absolute Gasteiger partial charge is 0.406 e. The molecule has 0 atom stereocenters. The molecule has 1 aromatic rings. The Kier molecular flexibility index (Phi) is 6.95. The molecule has 0 bridgehead atoms. The van der Waals surface area contributed by atoms with Gasteiger partial charge in [0.1, 0.15) is 12.3 Å². The van der Waals surface area contributed by atoms with E-state index < -0.39 is 18.6 Å². The lowest BCUT2D eigenvalue weighted by molar-refractivity contribution is -0.160. The number of alkyl halides is 3. The maximum absolute atomic E-state index is 12.4. The first-order valence-corrected chi connectivity index (χ1v) is 7.23. The molecule has 0 saturated heterocycles. The zero-order chi connectivity index (χ0) is 17.5. The number of ether oxygens (including phenoxy) is 1. The lowest BCUT2D eigenvalue weighted by Gasteiger charge is -2.21. The number of carbonyl (C=O) groups is 1. The summed E-state index contributed by atoms with van der Waals surface area (Å²) in [5.74, 6) is 2.34. The fourth-order valence-electron chi connectivity index (χ4n) is 1.92. The number of hydrogen-bond acceptors (Lipinski definition) is 2. The number of hydrogen-bond donors (Lipinski definition) is 0. The van der Waals surface area contributed by atoms with E-state index in [-0.39, 0.29) is 19.6 Å². The Morgan fingerprint density at radius 3 is 2.39 bits per heavy atom. The van der Waals surface area contributed by atoms with Crippen LogP contribution in [0.1, 0.15) is 31.7 Å². The van der Waals surface area contributed by atoms with Crippen LogP contribution in [-0.2, 0) is 4.79 Å². The van der Waals surface area contributed by atoms with Gasteiger partial charge >= 0.3 is 6.18 Å². The van der Waals surface area contributed by atoms with Gasteiger partial charge in [0.05, 0.1) is 19.6 Å². The van der Waals surface area contributed by atoms with Crippen LogP contribution in [0.4, 0.5) is 13.2 Å². The molecule has 0 aliphatic rings. The van der Waals surface area contributed by atoms with Crippen LogP contribution in [-0.4, -0.2) is 36.7 Å². The summed E-state index contributed by atoms with van der Waals surface area (Å²) in [7, 11) is 0. The van der Waals surface area contributed by atoms with Gasteiger partial charge in [-0.15, -0.1) is 6.42 Å². The van der Waals surface area contributed by atoms with Gasteiger partial charge in [-0.05, 0) is 23.6 Å². The van der Waals surface area contributed by atoms with Gasteiger partial charge in [0, 0.05) is 0 Å². The standard InChI is InChI=1S/C17H20F3NO2/c1-4-10-21(12-17(18,19)20)16(22)9-11-23-15-7-5-14(6-8-15)13(2)3/h1,5-8,13H,9-12H2,2-3H3. The molecule has 0 aliphatic heterocycles. The molecule has 6 heteroatoms. The minimum absolute atomic E-state index is 0.00120. The number of amides is 1. The molecule has 0 fully saturated rings. The van der Waals surface area contributed by atoms with E-state index in [4.69, 9.17) is 11.2 Å². The third-order valence-corrected chi connectivity index (χ3v) is 3.14. The van der Waals surface area contributed by atoms with E-state index in [0.29, 0.717) is 16.6 Å². The molecule has 0 spiro atoms. The van der Waals surface area contributed by atoms with Gasteiger partial charge in [-0.1, -0.05) is 31.9 Å². The van der Waals surface area contributed by atoms with Crippen LogP contribution in [0, 0.1) is 12.3 Å². The highest BCUT2D eigenvalue weighted by Crippen LogP contribution is 2.19. The van der Waals surface area contributed by atoms with E-state index in [1.807, 2.05) is 12.1 Å². The molecular formula is C17H20F3NO2. The summed E-state index contributed by atoms with van der Waals surface area (Å²) in [4.78, 5) is 12.4. The maximum Gasteiger partial charge on any atom is 0.406 e. The van der Waals surface area contributed by atoms with Crippen LogP contribution in [0.15, 0.2) is 24.3 Å². The molecule has 0 aliphatic carbocycles. The fourth-order valence-corrected chi connectivity index (χ4v) is 1.92. The second kappa shape index (κ2) is 8.47. The average molecular weight is 327 g/mol. The molecule has 0 radical (unpaired) electrons. The largest absolute Gasteiger partial charge is 0.493 e. The van der Waals surface area contributed by atoms with E-state index in [2.05, 4.69) is 19.8 Å². The molecule has 0 N–H and O–H groups in total. The van der Waals surface area contributed by atoms with Crippen molar-refractivity contribution in [1.29, 1.82) is 0 Å². The molecule has 0 saturated carbocycles. The van der Waals surface area contributed by atoms with Gasteiger partial charge < -0.3 is 9.64 Å². The minimum atomic E-state index is -4.47. The topological polar surface area (TPSA) is 29.5 Å². The van der Waals surface area contributed by atoms with Crippen molar-refractivity contribution in [3.8, 4) is 18.1 Å². The van der Waals surface area contributed by atoms with Crippen molar-refractivity contribution in [1.82, 2.24) is 4.90 Å². The van der Waals surface area contributed by atoms with Crippen LogP contribution in [0.5, 0.6) is 5.75 Å². The minimum Gasteiger partial charge on any atom is -0.493 e. The first-order chi connectivity index (χ1) is 10.7. The van der Waals surface area contributed by atoms with Crippen LogP contribution in [0.3, 0.4) is 0 Å². The van der Waals surface area contributed by atoms with Crippen molar-refractivity contribution in [2.75, 3.05) is 19.7 Å². The summed E-state index contributed by atoms with van der Waals surface area (Å²) < 4.78 is 42.5. The third kappa shape index (κ3) is 7.09. The average Bonchev–Trinajstić information content (AvgIpc) is 2.46. The van der Waals surface area contributed by atoms with Gasteiger partial charge in [-0.3, -0.25) is 4.79 Å². The summed E-state index contributed by atoms with van der Waals surface area (Å²) in [5.41, 5.74) is 1.15. The maximum atomic E-state index is 12.4. The lowest BCUT2D eigenvalue weighted by Crippen LogP contribution is -2.39. The Morgan fingerprint density at radius 1 is 1.30 bits per heavy atom. The Bertz CT molecular complexity index is 544. The Hall–Kier alpha value is -2.16. The molecule has 0 unspecified atom stereocenters. The van der Waals surface area contributed by atoms with Gasteiger partial charge in [0.2, 0.25) is 5.91 Å². The number of nitrogens with zero attached hydrogens (tertiary/aromatic N) is 1. The van der Waals surface area contributed by atoms with E-state index >= 15 is 0 Å². The molecule has 1 aromatic carbocycles. The van der Waals surface area contributed by atoms with E-state index in [0.717, 1.165) is 5.56 Å². The molecule has 3 nitrogen and oxygen atoms in total. The second-order valence-electron chi connectivity index (χ2n) is 5.39. The molecule has 0 aromatic heterocycles. The second-order valence-corrected chi connectivity index (χ2v) is 5.39. The summed E-state index contributed by atoms with van der Waals surface area (Å²) in [5, 5.41) is 0. The van der Waals surface area contributed by atoms with Crippen LogP contribution >= 0.6 is 0 Å². The number of terminal acetylenes is 1. The number of halogens is 3. The first kappa shape index (κ1) is 18.9. The molecule has 1 rings (SSSR count). The van der Waals surface area contributed by atoms with E-state index in [1.165, 1.54) is 0 Å². The lowest BCUT2D eigenvalue weighted by atomic mass is 10.0. The third-order valence-electron chi connectivity index (χ3n) is 3.14. The van der Waals surface area contributed by atoms with Crippen molar-refractivity contribution in [3.63, 3.8) is 0 Å². The normalized spacial score (nSPS) is 11.2. The Balaban J connectivity index is 2.49.